The van der Waals surface area contributed by atoms with Gasteiger partial charge in [-0.25, -0.2) is 0 Å². The molecule has 0 spiro atoms. The molecule has 0 heterocycles. The first-order chi connectivity index (χ1) is 6.81. The SMILES string of the molecule is CNCC(C)CNC(C1CC1)C1CC1. The zero-order chi connectivity index (χ0) is 9.97. The Labute approximate surface area is 87.8 Å². The highest BCUT2D eigenvalue weighted by Gasteiger charge is 2.40. The Balaban J connectivity index is 1.66. The lowest BCUT2D eigenvalue weighted by atomic mass is 10.1. The Morgan fingerprint density at radius 3 is 2.07 bits per heavy atom. The van der Waals surface area contributed by atoms with Crippen molar-refractivity contribution in [3.05, 3.63) is 0 Å². The largest absolute Gasteiger partial charge is 0.319 e. The Morgan fingerprint density at radius 1 is 1.07 bits per heavy atom. The van der Waals surface area contributed by atoms with E-state index in [0.717, 1.165) is 30.3 Å². The zero-order valence-electron chi connectivity index (χ0n) is 9.55. The van der Waals surface area contributed by atoms with Crippen LogP contribution >= 0.6 is 0 Å². The predicted molar refractivity (Wildman–Crippen MR) is 60.3 cm³/mol. The van der Waals surface area contributed by atoms with E-state index in [0.29, 0.717) is 0 Å². The van der Waals surface area contributed by atoms with E-state index >= 15 is 0 Å². The first-order valence-corrected chi connectivity index (χ1v) is 6.19. The summed E-state index contributed by atoms with van der Waals surface area (Å²) in [4.78, 5) is 0. The quantitative estimate of drug-likeness (QED) is 0.646. The first kappa shape index (κ1) is 10.4. The Hall–Kier alpha value is -0.0800. The minimum Gasteiger partial charge on any atom is -0.319 e. The molecule has 0 amide bonds. The van der Waals surface area contributed by atoms with Crippen LogP contribution in [0.3, 0.4) is 0 Å². The van der Waals surface area contributed by atoms with Crippen molar-refractivity contribution >= 4 is 0 Å². The summed E-state index contributed by atoms with van der Waals surface area (Å²) < 4.78 is 0. The predicted octanol–water partition coefficient (Wildman–Crippen LogP) is 1.62. The standard InChI is InChI=1S/C12H24N2/c1-9(7-13-2)8-14-12(10-3-4-10)11-5-6-11/h9-14H,3-8H2,1-2H3. The smallest absolute Gasteiger partial charge is 0.0124 e. The van der Waals surface area contributed by atoms with Crippen molar-refractivity contribution in [2.45, 2.75) is 38.6 Å². The fourth-order valence-corrected chi connectivity index (χ4v) is 2.39. The summed E-state index contributed by atoms with van der Waals surface area (Å²) in [6.07, 6.45) is 5.92. The van der Waals surface area contributed by atoms with Crippen LogP contribution in [-0.4, -0.2) is 26.2 Å². The molecular weight excluding hydrogens is 172 g/mol. The molecule has 2 fully saturated rings. The summed E-state index contributed by atoms with van der Waals surface area (Å²) in [5.41, 5.74) is 0. The summed E-state index contributed by atoms with van der Waals surface area (Å²) in [6.45, 7) is 4.65. The molecule has 0 radical (unpaired) electrons. The van der Waals surface area contributed by atoms with Gasteiger partial charge in [0, 0.05) is 6.04 Å². The third kappa shape index (κ3) is 2.96. The van der Waals surface area contributed by atoms with Gasteiger partial charge in [-0.05, 0) is 63.6 Å². The number of hydrogen-bond acceptors (Lipinski definition) is 2. The molecular formula is C12H24N2. The van der Waals surface area contributed by atoms with Gasteiger partial charge in [-0.3, -0.25) is 0 Å². The van der Waals surface area contributed by atoms with Gasteiger partial charge in [0.15, 0.2) is 0 Å². The van der Waals surface area contributed by atoms with Gasteiger partial charge in [-0.15, -0.1) is 0 Å². The molecule has 2 saturated carbocycles. The molecule has 2 rings (SSSR count). The molecule has 2 aliphatic rings. The lowest BCUT2D eigenvalue weighted by Gasteiger charge is -2.20. The van der Waals surface area contributed by atoms with E-state index in [1.54, 1.807) is 0 Å². The highest BCUT2D eigenvalue weighted by Crippen LogP contribution is 2.44. The van der Waals surface area contributed by atoms with Crippen LogP contribution in [0.5, 0.6) is 0 Å². The van der Waals surface area contributed by atoms with Crippen LogP contribution in [0.1, 0.15) is 32.6 Å². The monoisotopic (exact) mass is 196 g/mol. The van der Waals surface area contributed by atoms with Gasteiger partial charge < -0.3 is 10.6 Å². The van der Waals surface area contributed by atoms with Crippen molar-refractivity contribution in [3.63, 3.8) is 0 Å². The van der Waals surface area contributed by atoms with E-state index in [2.05, 4.69) is 17.6 Å². The second-order valence-corrected chi connectivity index (χ2v) is 5.27. The minimum absolute atomic E-state index is 0.764. The second kappa shape index (κ2) is 4.63. The van der Waals surface area contributed by atoms with Crippen molar-refractivity contribution in [1.29, 1.82) is 0 Å². The molecule has 1 atom stereocenters. The molecule has 2 aliphatic carbocycles. The zero-order valence-corrected chi connectivity index (χ0v) is 9.55. The van der Waals surface area contributed by atoms with Gasteiger partial charge in [0.1, 0.15) is 0 Å². The number of rotatable bonds is 7. The fourth-order valence-electron chi connectivity index (χ4n) is 2.39. The van der Waals surface area contributed by atoms with E-state index in [9.17, 15) is 0 Å². The Kier molecular flexibility index (Phi) is 3.45. The van der Waals surface area contributed by atoms with E-state index in [1.165, 1.54) is 32.2 Å². The van der Waals surface area contributed by atoms with Gasteiger partial charge in [0.2, 0.25) is 0 Å². The van der Waals surface area contributed by atoms with Crippen LogP contribution in [0.2, 0.25) is 0 Å². The summed E-state index contributed by atoms with van der Waals surface area (Å²) in [7, 11) is 2.04. The van der Waals surface area contributed by atoms with E-state index < -0.39 is 0 Å². The van der Waals surface area contributed by atoms with Crippen LogP contribution in [0, 0.1) is 17.8 Å². The third-order valence-corrected chi connectivity index (χ3v) is 3.51. The minimum atomic E-state index is 0.764. The highest BCUT2D eigenvalue weighted by atomic mass is 15.0. The normalized spacial score (nSPS) is 24.2. The van der Waals surface area contributed by atoms with Gasteiger partial charge >= 0.3 is 0 Å². The van der Waals surface area contributed by atoms with Crippen LogP contribution in [0.15, 0.2) is 0 Å². The molecule has 0 aromatic rings. The number of hydrogen-bond donors (Lipinski definition) is 2. The lowest BCUT2D eigenvalue weighted by Crippen LogP contribution is -2.38. The van der Waals surface area contributed by atoms with Crippen LogP contribution in [0.4, 0.5) is 0 Å². The number of nitrogens with one attached hydrogen (secondary N) is 2. The maximum atomic E-state index is 3.79. The average Bonchev–Trinajstić information content (AvgIpc) is 3.01. The summed E-state index contributed by atoms with van der Waals surface area (Å²) >= 11 is 0. The molecule has 0 aromatic carbocycles. The van der Waals surface area contributed by atoms with Gasteiger partial charge in [0.25, 0.3) is 0 Å². The second-order valence-electron chi connectivity index (χ2n) is 5.27. The molecule has 0 saturated heterocycles. The first-order valence-electron chi connectivity index (χ1n) is 6.19. The van der Waals surface area contributed by atoms with Gasteiger partial charge in [-0.1, -0.05) is 6.92 Å². The molecule has 2 heteroatoms. The maximum Gasteiger partial charge on any atom is 0.0124 e. The fraction of sp³-hybridized carbons (Fsp3) is 1.00. The van der Waals surface area contributed by atoms with Crippen molar-refractivity contribution in [2.75, 3.05) is 20.1 Å². The lowest BCUT2D eigenvalue weighted by molar-refractivity contribution is 0.377. The molecule has 82 valence electrons. The van der Waals surface area contributed by atoms with Crippen LogP contribution < -0.4 is 10.6 Å². The molecule has 2 N–H and O–H groups in total. The van der Waals surface area contributed by atoms with E-state index in [4.69, 9.17) is 0 Å². The molecule has 0 bridgehead atoms. The van der Waals surface area contributed by atoms with Crippen molar-refractivity contribution in [1.82, 2.24) is 10.6 Å². The molecule has 1 unspecified atom stereocenters. The highest BCUT2D eigenvalue weighted by molar-refractivity contribution is 4.96. The van der Waals surface area contributed by atoms with E-state index in [-0.39, 0.29) is 0 Å². The van der Waals surface area contributed by atoms with Crippen LogP contribution in [-0.2, 0) is 0 Å². The average molecular weight is 196 g/mol. The van der Waals surface area contributed by atoms with Gasteiger partial charge in [0.05, 0.1) is 0 Å². The van der Waals surface area contributed by atoms with E-state index in [1.807, 2.05) is 7.05 Å². The van der Waals surface area contributed by atoms with Crippen molar-refractivity contribution in [3.8, 4) is 0 Å². The van der Waals surface area contributed by atoms with Gasteiger partial charge in [-0.2, -0.15) is 0 Å². The third-order valence-electron chi connectivity index (χ3n) is 3.51. The van der Waals surface area contributed by atoms with Crippen LogP contribution in [0.25, 0.3) is 0 Å². The topological polar surface area (TPSA) is 24.1 Å². The van der Waals surface area contributed by atoms with Crippen molar-refractivity contribution < 1.29 is 0 Å². The maximum absolute atomic E-state index is 3.79. The molecule has 14 heavy (non-hydrogen) atoms. The van der Waals surface area contributed by atoms with Crippen molar-refractivity contribution in [2.24, 2.45) is 17.8 Å². The summed E-state index contributed by atoms with van der Waals surface area (Å²) in [5, 5.41) is 7.03. The Morgan fingerprint density at radius 2 is 1.64 bits per heavy atom. The molecule has 0 aliphatic heterocycles. The Bertz CT molecular complexity index is 161. The summed E-state index contributed by atoms with van der Waals surface area (Å²) in [6, 6.07) is 0.870. The molecule has 2 nitrogen and oxygen atoms in total. The summed E-state index contributed by atoms with van der Waals surface area (Å²) in [5.74, 6) is 2.83. The molecule has 0 aromatic heterocycles.